The van der Waals surface area contributed by atoms with Gasteiger partial charge in [0.1, 0.15) is 0 Å². The van der Waals surface area contributed by atoms with Crippen molar-refractivity contribution >= 4 is 22.6 Å². The summed E-state index contributed by atoms with van der Waals surface area (Å²) in [6.07, 6.45) is 0.954. The molecule has 0 aliphatic carbocycles. The summed E-state index contributed by atoms with van der Waals surface area (Å²) in [5.41, 5.74) is 0. The minimum atomic E-state index is 0.954. The monoisotopic (exact) mass is 218 g/mol. The van der Waals surface area contributed by atoms with E-state index in [1.807, 2.05) is 0 Å². The molecule has 0 amide bonds. The minimum absolute atomic E-state index is 0.954. The van der Waals surface area contributed by atoms with Crippen LogP contribution in [0, 0.1) is 23.7 Å². The van der Waals surface area contributed by atoms with Crippen molar-refractivity contribution in [2.24, 2.45) is 0 Å². The lowest BCUT2D eigenvalue weighted by Crippen LogP contribution is -1.63. The first-order chi connectivity index (χ1) is 3.91. The van der Waals surface area contributed by atoms with Gasteiger partial charge in [-0.05, 0) is 18.8 Å². The maximum absolute atomic E-state index is 2.90. The van der Waals surface area contributed by atoms with Gasteiger partial charge in [0, 0.05) is 10.8 Å². The molecule has 8 heavy (non-hydrogen) atoms. The summed E-state index contributed by atoms with van der Waals surface area (Å²) in [6.45, 7) is 1.79. The normalized spacial score (nSPS) is 5.75. The summed E-state index contributed by atoms with van der Waals surface area (Å²) in [4.78, 5) is 0. The lowest BCUT2D eigenvalue weighted by molar-refractivity contribution is 1.34. The molecule has 0 atom stereocenters. The predicted molar refractivity (Wildman–Crippen MR) is 44.7 cm³/mol. The van der Waals surface area contributed by atoms with Crippen LogP contribution in [0.25, 0.3) is 0 Å². The first-order valence-electron chi connectivity index (χ1n) is 2.37. The van der Waals surface area contributed by atoms with Crippen LogP contribution in [0.2, 0.25) is 0 Å². The fourth-order valence-electron chi connectivity index (χ4n) is 0.216. The van der Waals surface area contributed by atoms with Crippen molar-refractivity contribution in [2.45, 2.75) is 13.3 Å². The second-order valence-electron chi connectivity index (χ2n) is 1.12. The highest BCUT2D eigenvalue weighted by atomic mass is 127. The molecule has 0 fully saturated rings. The zero-order valence-corrected chi connectivity index (χ0v) is 6.95. The number of hydrogen-bond acceptors (Lipinski definition) is 0. The second kappa shape index (κ2) is 6.85. The van der Waals surface area contributed by atoms with Gasteiger partial charge in [0.15, 0.2) is 0 Å². The molecule has 0 bridgehead atoms. The molecule has 0 aliphatic heterocycles. The first kappa shape index (κ1) is 7.85. The molecule has 0 nitrogen and oxygen atoms in total. The van der Waals surface area contributed by atoms with E-state index in [-0.39, 0.29) is 0 Å². The molecule has 0 rings (SSSR count). The van der Waals surface area contributed by atoms with E-state index in [2.05, 4.69) is 46.3 Å². The predicted octanol–water partition coefficient (Wildman–Crippen LogP) is 1.84. The van der Waals surface area contributed by atoms with Crippen LogP contribution in [-0.4, -0.2) is 4.43 Å². The quantitative estimate of drug-likeness (QED) is 0.358. The molecule has 0 N–H and O–H groups in total. The van der Waals surface area contributed by atoms with Crippen molar-refractivity contribution in [1.82, 2.24) is 0 Å². The summed E-state index contributed by atoms with van der Waals surface area (Å²) >= 11 is 2.29. The Morgan fingerprint density at radius 2 is 2.12 bits per heavy atom. The Labute approximate surface area is 64.2 Å². The van der Waals surface area contributed by atoms with Gasteiger partial charge in [-0.1, -0.05) is 34.4 Å². The standard InChI is InChI=1S/C7H7I/c1-2-3-4-5-6-7-8/h6-7H2,1H3. The lowest BCUT2D eigenvalue weighted by Gasteiger charge is -1.70. The van der Waals surface area contributed by atoms with Gasteiger partial charge in [-0.2, -0.15) is 0 Å². The molecule has 0 aromatic heterocycles. The third-order valence-corrected chi connectivity index (χ3v) is 1.03. The van der Waals surface area contributed by atoms with E-state index in [0.717, 1.165) is 10.8 Å². The lowest BCUT2D eigenvalue weighted by atomic mass is 10.5. The van der Waals surface area contributed by atoms with Crippen LogP contribution < -0.4 is 0 Å². The van der Waals surface area contributed by atoms with Crippen LogP contribution in [0.1, 0.15) is 13.3 Å². The Morgan fingerprint density at radius 1 is 1.38 bits per heavy atom. The van der Waals surface area contributed by atoms with Crippen LogP contribution in [0.15, 0.2) is 0 Å². The van der Waals surface area contributed by atoms with Crippen molar-refractivity contribution in [2.75, 3.05) is 4.43 Å². The minimum Gasteiger partial charge on any atom is -0.0925 e. The van der Waals surface area contributed by atoms with Gasteiger partial charge < -0.3 is 0 Å². The number of rotatable bonds is 1. The van der Waals surface area contributed by atoms with Gasteiger partial charge >= 0.3 is 0 Å². The Hall–Kier alpha value is -0.150. The number of alkyl halides is 1. The van der Waals surface area contributed by atoms with E-state index < -0.39 is 0 Å². The highest BCUT2D eigenvalue weighted by Gasteiger charge is 1.66. The Balaban J connectivity index is 3.31. The van der Waals surface area contributed by atoms with Gasteiger partial charge in [0.25, 0.3) is 0 Å². The molecular formula is C7H7I. The molecule has 0 aromatic rings. The van der Waals surface area contributed by atoms with Crippen LogP contribution >= 0.6 is 22.6 Å². The van der Waals surface area contributed by atoms with Crippen molar-refractivity contribution in [1.29, 1.82) is 0 Å². The number of hydrogen-bond donors (Lipinski definition) is 0. The van der Waals surface area contributed by atoms with Gasteiger partial charge in [-0.25, -0.2) is 0 Å². The molecule has 1 heteroatoms. The van der Waals surface area contributed by atoms with Crippen molar-refractivity contribution in [3.05, 3.63) is 0 Å². The highest BCUT2D eigenvalue weighted by Crippen LogP contribution is 1.83. The molecule has 0 saturated heterocycles. The van der Waals surface area contributed by atoms with E-state index in [9.17, 15) is 0 Å². The van der Waals surface area contributed by atoms with E-state index in [4.69, 9.17) is 0 Å². The van der Waals surface area contributed by atoms with Crippen molar-refractivity contribution in [3.8, 4) is 23.7 Å². The Kier molecular flexibility index (Phi) is 6.72. The zero-order chi connectivity index (χ0) is 6.24. The maximum Gasteiger partial charge on any atom is 0.0189 e. The van der Waals surface area contributed by atoms with Crippen LogP contribution in [-0.2, 0) is 0 Å². The average Bonchev–Trinajstić information content (AvgIpc) is 1.81. The molecule has 0 saturated carbocycles. The molecule has 42 valence electrons. The van der Waals surface area contributed by atoms with E-state index >= 15 is 0 Å². The summed E-state index contributed by atoms with van der Waals surface area (Å²) in [5.74, 6) is 11.0. The Morgan fingerprint density at radius 3 is 2.62 bits per heavy atom. The SMILES string of the molecule is CC#CC#CCCI. The van der Waals surface area contributed by atoms with Crippen LogP contribution in [0.4, 0.5) is 0 Å². The van der Waals surface area contributed by atoms with E-state index in [0.29, 0.717) is 0 Å². The van der Waals surface area contributed by atoms with Crippen molar-refractivity contribution in [3.63, 3.8) is 0 Å². The average molecular weight is 218 g/mol. The summed E-state index contributed by atoms with van der Waals surface area (Å²) < 4.78 is 1.09. The van der Waals surface area contributed by atoms with E-state index in [1.54, 1.807) is 6.92 Å². The van der Waals surface area contributed by atoms with Crippen LogP contribution in [0.5, 0.6) is 0 Å². The highest BCUT2D eigenvalue weighted by molar-refractivity contribution is 14.1. The third-order valence-electron chi connectivity index (χ3n) is 0.495. The molecule has 0 radical (unpaired) electrons. The van der Waals surface area contributed by atoms with Crippen molar-refractivity contribution < 1.29 is 0 Å². The molecule has 0 aliphatic rings. The molecule has 0 aromatic carbocycles. The topological polar surface area (TPSA) is 0 Å². The molecule has 0 unspecified atom stereocenters. The summed E-state index contributed by atoms with van der Waals surface area (Å²) in [5, 5.41) is 0. The smallest absolute Gasteiger partial charge is 0.0189 e. The van der Waals surface area contributed by atoms with E-state index in [1.165, 1.54) is 0 Å². The Bertz CT molecular complexity index is 149. The summed E-state index contributed by atoms with van der Waals surface area (Å²) in [6, 6.07) is 0. The zero-order valence-electron chi connectivity index (χ0n) is 4.79. The maximum atomic E-state index is 2.90. The summed E-state index contributed by atoms with van der Waals surface area (Å²) in [7, 11) is 0. The van der Waals surface area contributed by atoms with Gasteiger partial charge in [0.05, 0.1) is 0 Å². The molecule has 0 spiro atoms. The number of halogens is 1. The van der Waals surface area contributed by atoms with Gasteiger partial charge in [0.2, 0.25) is 0 Å². The fraction of sp³-hybridized carbons (Fsp3) is 0.429. The van der Waals surface area contributed by atoms with Gasteiger partial charge in [-0.3, -0.25) is 0 Å². The fourth-order valence-corrected chi connectivity index (χ4v) is 0.486. The molecule has 0 heterocycles. The van der Waals surface area contributed by atoms with Crippen LogP contribution in [0.3, 0.4) is 0 Å². The second-order valence-corrected chi connectivity index (χ2v) is 2.19. The largest absolute Gasteiger partial charge is 0.0925 e. The first-order valence-corrected chi connectivity index (χ1v) is 3.90. The van der Waals surface area contributed by atoms with Gasteiger partial charge in [-0.15, -0.1) is 0 Å². The third kappa shape index (κ3) is 5.85. The molecular weight excluding hydrogens is 211 g/mol.